The minimum absolute atomic E-state index is 0.0689. The van der Waals surface area contributed by atoms with Gasteiger partial charge in [0.25, 0.3) is 10.0 Å². The fourth-order valence-corrected chi connectivity index (χ4v) is 4.77. The van der Waals surface area contributed by atoms with Gasteiger partial charge in [-0.1, -0.05) is 11.3 Å². The van der Waals surface area contributed by atoms with Gasteiger partial charge >= 0.3 is 4.87 Å². The summed E-state index contributed by atoms with van der Waals surface area (Å²) >= 11 is 1.02. The van der Waals surface area contributed by atoms with E-state index in [-0.39, 0.29) is 15.5 Å². The number of aromatic nitrogens is 1. The van der Waals surface area contributed by atoms with Gasteiger partial charge in [-0.2, -0.15) is 0 Å². The van der Waals surface area contributed by atoms with E-state index in [1.165, 1.54) is 26.4 Å². The third-order valence-corrected chi connectivity index (χ3v) is 6.22. The Morgan fingerprint density at radius 1 is 1.12 bits per heavy atom. The number of nitrogens with one attached hydrogen (secondary N) is 1. The minimum Gasteiger partial charge on any atom is -0.497 e. The molecule has 0 bridgehead atoms. The summed E-state index contributed by atoms with van der Waals surface area (Å²) in [6, 6.07) is 9.47. The van der Waals surface area contributed by atoms with Crippen LogP contribution in [0.1, 0.15) is 6.92 Å². The molecule has 1 N–H and O–H groups in total. The van der Waals surface area contributed by atoms with Crippen molar-refractivity contribution in [3.05, 3.63) is 46.1 Å². The van der Waals surface area contributed by atoms with Crippen molar-refractivity contribution < 1.29 is 17.9 Å². The summed E-state index contributed by atoms with van der Waals surface area (Å²) in [6.45, 7) is 2.40. The summed E-state index contributed by atoms with van der Waals surface area (Å²) in [4.78, 5) is 11.9. The van der Waals surface area contributed by atoms with Gasteiger partial charge in [0.05, 0.1) is 35.0 Å². The Morgan fingerprint density at radius 3 is 2.54 bits per heavy atom. The van der Waals surface area contributed by atoms with Crippen LogP contribution in [0.15, 0.2) is 46.1 Å². The molecule has 0 aliphatic heterocycles. The first-order valence-corrected chi connectivity index (χ1v) is 10.1. The van der Waals surface area contributed by atoms with Crippen LogP contribution in [0.25, 0.3) is 10.2 Å². The summed E-state index contributed by atoms with van der Waals surface area (Å²) in [5, 5.41) is 0. The minimum atomic E-state index is -3.86. The average molecular weight is 394 g/mol. The highest BCUT2D eigenvalue weighted by Crippen LogP contribution is 2.31. The molecule has 26 heavy (non-hydrogen) atoms. The zero-order valence-corrected chi connectivity index (χ0v) is 16.1. The zero-order chi connectivity index (χ0) is 18.9. The number of hydrogen-bond acceptors (Lipinski definition) is 6. The number of thiazole rings is 1. The molecule has 0 atom stereocenters. The Bertz CT molecular complexity index is 1120. The summed E-state index contributed by atoms with van der Waals surface area (Å²) in [7, 11) is -0.914. The molecule has 1 heterocycles. The second kappa shape index (κ2) is 7.00. The molecule has 3 aromatic rings. The van der Waals surface area contributed by atoms with E-state index in [2.05, 4.69) is 4.72 Å². The number of benzene rings is 2. The van der Waals surface area contributed by atoms with E-state index >= 15 is 0 Å². The summed E-state index contributed by atoms with van der Waals surface area (Å²) in [5.74, 6) is 0.870. The summed E-state index contributed by atoms with van der Waals surface area (Å²) in [6.07, 6.45) is 0. The Balaban J connectivity index is 2.03. The number of rotatable bonds is 6. The second-order valence-corrected chi connectivity index (χ2v) is 8.09. The highest BCUT2D eigenvalue weighted by atomic mass is 32.2. The van der Waals surface area contributed by atoms with Gasteiger partial charge in [0, 0.05) is 12.6 Å². The topological polar surface area (TPSA) is 86.6 Å². The van der Waals surface area contributed by atoms with Crippen LogP contribution in [-0.2, 0) is 16.6 Å². The van der Waals surface area contributed by atoms with Crippen molar-refractivity contribution in [2.45, 2.75) is 18.4 Å². The van der Waals surface area contributed by atoms with Crippen LogP contribution in [0.2, 0.25) is 0 Å². The van der Waals surface area contributed by atoms with Gasteiger partial charge in [0.1, 0.15) is 11.5 Å². The van der Waals surface area contributed by atoms with Crippen LogP contribution < -0.4 is 19.1 Å². The number of sulfonamides is 1. The second-order valence-electron chi connectivity index (χ2n) is 5.41. The maximum atomic E-state index is 12.8. The molecule has 0 amide bonds. The van der Waals surface area contributed by atoms with Crippen molar-refractivity contribution in [3.8, 4) is 11.5 Å². The van der Waals surface area contributed by atoms with E-state index < -0.39 is 10.0 Å². The molecule has 1 aromatic heterocycles. The quantitative estimate of drug-likeness (QED) is 0.695. The van der Waals surface area contributed by atoms with E-state index in [1.54, 1.807) is 28.8 Å². The number of methoxy groups -OCH3 is 2. The van der Waals surface area contributed by atoms with Crippen LogP contribution in [-0.4, -0.2) is 27.2 Å². The molecule has 3 rings (SSSR count). The number of ether oxygens (including phenoxy) is 2. The fraction of sp³-hybridized carbons (Fsp3) is 0.235. The van der Waals surface area contributed by atoms with Crippen molar-refractivity contribution in [2.24, 2.45) is 0 Å². The van der Waals surface area contributed by atoms with Gasteiger partial charge in [-0.15, -0.1) is 0 Å². The first-order chi connectivity index (χ1) is 12.4. The molecule has 0 aliphatic carbocycles. The lowest BCUT2D eigenvalue weighted by atomic mass is 10.3. The van der Waals surface area contributed by atoms with E-state index in [0.29, 0.717) is 22.7 Å². The molecule has 9 heteroatoms. The Hall–Kier alpha value is -2.52. The maximum Gasteiger partial charge on any atom is 0.308 e. The maximum absolute atomic E-state index is 12.8. The molecule has 0 aliphatic rings. The molecule has 0 fully saturated rings. The lowest BCUT2D eigenvalue weighted by Crippen LogP contribution is -2.14. The number of fused-ring (bicyclic) bond motifs is 1. The van der Waals surface area contributed by atoms with Crippen LogP contribution in [0.3, 0.4) is 0 Å². The van der Waals surface area contributed by atoms with Crippen LogP contribution >= 0.6 is 11.3 Å². The predicted molar refractivity (Wildman–Crippen MR) is 102 cm³/mol. The highest BCUT2D eigenvalue weighted by Gasteiger charge is 2.19. The van der Waals surface area contributed by atoms with E-state index in [0.717, 1.165) is 16.9 Å². The molecule has 0 radical (unpaired) electrons. The number of nitrogens with zero attached hydrogens (tertiary/aromatic N) is 1. The monoisotopic (exact) mass is 394 g/mol. The van der Waals surface area contributed by atoms with Crippen molar-refractivity contribution >= 4 is 37.3 Å². The third kappa shape index (κ3) is 3.27. The van der Waals surface area contributed by atoms with Crippen LogP contribution in [0, 0.1) is 0 Å². The Labute approximate surface area is 154 Å². The normalized spacial score (nSPS) is 11.5. The van der Waals surface area contributed by atoms with Crippen LogP contribution in [0.4, 0.5) is 5.69 Å². The predicted octanol–water partition coefficient (Wildman–Crippen LogP) is 2.90. The smallest absolute Gasteiger partial charge is 0.308 e. The van der Waals surface area contributed by atoms with Gasteiger partial charge in [0.15, 0.2) is 0 Å². The van der Waals surface area contributed by atoms with Crippen molar-refractivity contribution in [2.75, 3.05) is 18.9 Å². The Morgan fingerprint density at radius 2 is 1.88 bits per heavy atom. The molecule has 7 nitrogen and oxygen atoms in total. The third-order valence-electron chi connectivity index (χ3n) is 3.92. The molecule has 0 saturated heterocycles. The largest absolute Gasteiger partial charge is 0.497 e. The Kier molecular flexibility index (Phi) is 4.92. The lowest BCUT2D eigenvalue weighted by molar-refractivity contribution is 0.405. The number of hydrogen-bond donors (Lipinski definition) is 1. The van der Waals surface area contributed by atoms with Crippen molar-refractivity contribution in [3.63, 3.8) is 0 Å². The molecule has 0 unspecified atom stereocenters. The van der Waals surface area contributed by atoms with E-state index in [4.69, 9.17) is 9.47 Å². The van der Waals surface area contributed by atoms with Gasteiger partial charge < -0.3 is 9.47 Å². The molecule has 0 saturated carbocycles. The van der Waals surface area contributed by atoms with Gasteiger partial charge in [-0.05, 0) is 37.3 Å². The van der Waals surface area contributed by atoms with Gasteiger partial charge in [0.2, 0.25) is 0 Å². The SMILES string of the molecule is CCn1c(=O)sc2cc(S(=O)(=O)Nc3cc(OC)ccc3OC)ccc21. The van der Waals surface area contributed by atoms with E-state index in [9.17, 15) is 13.2 Å². The van der Waals surface area contributed by atoms with Crippen LogP contribution in [0.5, 0.6) is 11.5 Å². The molecular weight excluding hydrogens is 376 g/mol. The summed E-state index contributed by atoms with van der Waals surface area (Å²) in [5.41, 5.74) is 0.992. The molecule has 2 aromatic carbocycles. The van der Waals surface area contributed by atoms with E-state index in [1.807, 2.05) is 6.92 Å². The highest BCUT2D eigenvalue weighted by molar-refractivity contribution is 7.92. The van der Waals surface area contributed by atoms with Gasteiger partial charge in [-0.3, -0.25) is 14.1 Å². The number of anilines is 1. The lowest BCUT2D eigenvalue weighted by Gasteiger charge is -2.13. The first kappa shape index (κ1) is 18.3. The fourth-order valence-electron chi connectivity index (χ4n) is 2.61. The first-order valence-electron chi connectivity index (χ1n) is 7.78. The average Bonchev–Trinajstić information content (AvgIpc) is 2.95. The van der Waals surface area contributed by atoms with Crippen molar-refractivity contribution in [1.29, 1.82) is 0 Å². The molecular formula is C17H18N2O5S2. The zero-order valence-electron chi connectivity index (χ0n) is 14.5. The van der Waals surface area contributed by atoms with Gasteiger partial charge in [-0.25, -0.2) is 8.42 Å². The van der Waals surface area contributed by atoms with Crippen molar-refractivity contribution in [1.82, 2.24) is 4.57 Å². The molecule has 138 valence electrons. The molecule has 0 spiro atoms. The standard InChI is InChI=1S/C17H18N2O5S2/c1-4-19-14-7-6-12(10-16(14)25-17(19)20)26(21,22)18-13-9-11(23-2)5-8-15(13)24-3/h5-10,18H,4H2,1-3H3. The summed E-state index contributed by atoms with van der Waals surface area (Å²) < 4.78 is 40.7. The number of aryl methyl sites for hydroxylation is 1.